The van der Waals surface area contributed by atoms with Crippen molar-refractivity contribution in [1.29, 1.82) is 0 Å². The van der Waals surface area contributed by atoms with Gasteiger partial charge in [0.2, 0.25) is 11.8 Å². The predicted octanol–water partition coefficient (Wildman–Crippen LogP) is 5.26. The van der Waals surface area contributed by atoms with Gasteiger partial charge in [-0.05, 0) is 48.7 Å². The number of carbonyl (C=O) groups excluding carboxylic acids is 2. The molecule has 0 radical (unpaired) electrons. The molecule has 0 fully saturated rings. The van der Waals surface area contributed by atoms with Crippen LogP contribution in [0.15, 0.2) is 89.8 Å². The minimum atomic E-state index is -4.07. The molecule has 0 saturated carbocycles. The first kappa shape index (κ1) is 29.2. The highest BCUT2D eigenvalue weighted by Crippen LogP contribution is 2.25. The number of unbranched alkanes of at least 4 members (excludes halogenated alkanes) is 1. The van der Waals surface area contributed by atoms with E-state index in [0.29, 0.717) is 29.2 Å². The van der Waals surface area contributed by atoms with E-state index in [1.54, 1.807) is 66.7 Å². The molecule has 0 saturated heterocycles. The molecule has 0 bridgehead atoms. The molecule has 9 heteroatoms. The maximum absolute atomic E-state index is 14.0. The second-order valence-electron chi connectivity index (χ2n) is 8.84. The van der Waals surface area contributed by atoms with E-state index in [1.807, 2.05) is 19.9 Å². The molecule has 0 unspecified atom stereocenters. The van der Waals surface area contributed by atoms with Gasteiger partial charge in [0, 0.05) is 18.1 Å². The second kappa shape index (κ2) is 14.0. The number of halogens is 1. The van der Waals surface area contributed by atoms with Crippen molar-refractivity contribution in [2.75, 3.05) is 17.4 Å². The van der Waals surface area contributed by atoms with Gasteiger partial charge in [0.25, 0.3) is 10.0 Å². The molecular formula is C29H34ClN3O4S. The van der Waals surface area contributed by atoms with Crippen LogP contribution in [-0.4, -0.2) is 44.3 Å². The zero-order valence-corrected chi connectivity index (χ0v) is 23.3. The van der Waals surface area contributed by atoms with Gasteiger partial charge in [0.05, 0.1) is 10.6 Å². The number of nitrogens with zero attached hydrogens (tertiary/aromatic N) is 2. The zero-order valence-electron chi connectivity index (χ0n) is 21.7. The lowest BCUT2D eigenvalue weighted by Crippen LogP contribution is -2.52. The van der Waals surface area contributed by atoms with Crippen molar-refractivity contribution in [3.05, 3.63) is 95.5 Å². The minimum absolute atomic E-state index is 0.0617. The van der Waals surface area contributed by atoms with Gasteiger partial charge in [-0.15, -0.1) is 0 Å². The van der Waals surface area contributed by atoms with E-state index >= 15 is 0 Å². The third-order valence-corrected chi connectivity index (χ3v) is 8.33. The Balaban J connectivity index is 2.01. The molecule has 3 aromatic rings. The summed E-state index contributed by atoms with van der Waals surface area (Å²) in [4.78, 5) is 28.6. The summed E-state index contributed by atoms with van der Waals surface area (Å²) in [6.07, 6.45) is 2.09. The lowest BCUT2D eigenvalue weighted by atomic mass is 10.1. The Labute approximate surface area is 230 Å². The Morgan fingerprint density at radius 2 is 1.50 bits per heavy atom. The largest absolute Gasteiger partial charge is 0.354 e. The number of benzene rings is 3. The molecule has 7 nitrogen and oxygen atoms in total. The number of carbonyl (C=O) groups is 2. The lowest BCUT2D eigenvalue weighted by molar-refractivity contribution is -0.140. The van der Waals surface area contributed by atoms with E-state index in [2.05, 4.69) is 5.32 Å². The van der Waals surface area contributed by atoms with Gasteiger partial charge in [0.15, 0.2) is 0 Å². The fourth-order valence-corrected chi connectivity index (χ4v) is 5.71. The SMILES string of the molecule is CCCCNC(=O)[C@@H](CC)N(Cc1ccccc1Cl)C(=O)CN(c1ccccc1)S(=O)(=O)c1ccccc1. The number of hydrogen-bond acceptors (Lipinski definition) is 4. The van der Waals surface area contributed by atoms with Gasteiger partial charge in [-0.25, -0.2) is 8.42 Å². The fraction of sp³-hybridized carbons (Fsp3) is 0.310. The highest BCUT2D eigenvalue weighted by atomic mass is 35.5. The van der Waals surface area contributed by atoms with Gasteiger partial charge in [-0.3, -0.25) is 13.9 Å². The van der Waals surface area contributed by atoms with Gasteiger partial charge in [-0.2, -0.15) is 0 Å². The van der Waals surface area contributed by atoms with Gasteiger partial charge in [0.1, 0.15) is 12.6 Å². The molecule has 0 aliphatic heterocycles. The topological polar surface area (TPSA) is 86.8 Å². The number of para-hydroxylation sites is 1. The molecule has 0 aliphatic carbocycles. The van der Waals surface area contributed by atoms with Crippen LogP contribution in [0.1, 0.15) is 38.7 Å². The van der Waals surface area contributed by atoms with E-state index in [0.717, 1.165) is 17.1 Å². The summed E-state index contributed by atoms with van der Waals surface area (Å²) in [5.74, 6) is -0.788. The van der Waals surface area contributed by atoms with Crippen LogP contribution in [0.25, 0.3) is 0 Å². The van der Waals surface area contributed by atoms with Crippen LogP contribution in [-0.2, 0) is 26.2 Å². The fourth-order valence-electron chi connectivity index (χ4n) is 4.08. The van der Waals surface area contributed by atoms with Crippen molar-refractivity contribution >= 4 is 39.1 Å². The summed E-state index contributed by atoms with van der Waals surface area (Å²) in [6.45, 7) is 3.93. The second-order valence-corrected chi connectivity index (χ2v) is 11.1. The Morgan fingerprint density at radius 1 is 0.895 bits per heavy atom. The van der Waals surface area contributed by atoms with E-state index in [-0.39, 0.29) is 17.3 Å². The number of sulfonamides is 1. The third kappa shape index (κ3) is 7.36. The predicted molar refractivity (Wildman–Crippen MR) is 151 cm³/mol. The summed E-state index contributed by atoms with van der Waals surface area (Å²) in [6, 6.07) is 22.8. The number of nitrogens with one attached hydrogen (secondary N) is 1. The standard InChI is InChI=1S/C29H34ClN3O4S/c1-3-5-20-31-29(35)27(4-2)32(21-23-14-12-13-19-26(23)30)28(34)22-33(24-15-8-6-9-16-24)38(36,37)25-17-10-7-11-18-25/h6-19,27H,3-5,20-22H2,1-2H3,(H,31,35)/t27-/m1/s1. The Bertz CT molecular complexity index is 1300. The lowest BCUT2D eigenvalue weighted by Gasteiger charge is -2.33. The molecule has 1 atom stereocenters. The molecule has 38 heavy (non-hydrogen) atoms. The van der Waals surface area contributed by atoms with E-state index in [1.165, 1.54) is 17.0 Å². The van der Waals surface area contributed by atoms with Crippen LogP contribution < -0.4 is 9.62 Å². The smallest absolute Gasteiger partial charge is 0.264 e. The van der Waals surface area contributed by atoms with Crippen LogP contribution in [0.2, 0.25) is 5.02 Å². The average Bonchev–Trinajstić information content (AvgIpc) is 2.93. The number of anilines is 1. The summed E-state index contributed by atoms with van der Waals surface area (Å²) in [5, 5.41) is 3.38. The van der Waals surface area contributed by atoms with Crippen LogP contribution in [0, 0.1) is 0 Å². The summed E-state index contributed by atoms with van der Waals surface area (Å²) < 4.78 is 28.5. The maximum atomic E-state index is 14.0. The van der Waals surface area contributed by atoms with Crippen LogP contribution in [0.5, 0.6) is 0 Å². The number of hydrogen-bond donors (Lipinski definition) is 1. The number of amides is 2. The first-order chi connectivity index (χ1) is 18.3. The monoisotopic (exact) mass is 555 g/mol. The van der Waals surface area contributed by atoms with Crippen LogP contribution >= 0.6 is 11.6 Å². The molecule has 1 N–H and O–H groups in total. The molecule has 0 spiro atoms. The molecule has 3 aromatic carbocycles. The highest BCUT2D eigenvalue weighted by molar-refractivity contribution is 7.92. The molecule has 0 aromatic heterocycles. The average molecular weight is 556 g/mol. The van der Waals surface area contributed by atoms with Crippen molar-refractivity contribution in [3.63, 3.8) is 0 Å². The molecule has 3 rings (SSSR count). The first-order valence-corrected chi connectivity index (χ1v) is 14.5. The van der Waals surface area contributed by atoms with Gasteiger partial charge < -0.3 is 10.2 Å². The third-order valence-electron chi connectivity index (χ3n) is 6.17. The molecule has 0 heterocycles. The van der Waals surface area contributed by atoms with E-state index in [9.17, 15) is 18.0 Å². The van der Waals surface area contributed by atoms with Crippen LogP contribution in [0.3, 0.4) is 0 Å². The Hall–Kier alpha value is -3.36. The molecular weight excluding hydrogens is 522 g/mol. The first-order valence-electron chi connectivity index (χ1n) is 12.7. The summed E-state index contributed by atoms with van der Waals surface area (Å²) in [7, 11) is -4.07. The Morgan fingerprint density at radius 3 is 2.11 bits per heavy atom. The van der Waals surface area contributed by atoms with Gasteiger partial charge in [-0.1, -0.05) is 86.5 Å². The highest BCUT2D eigenvalue weighted by Gasteiger charge is 2.33. The normalized spacial score (nSPS) is 12.0. The molecule has 0 aliphatic rings. The quantitative estimate of drug-likeness (QED) is 0.291. The zero-order chi connectivity index (χ0) is 27.5. The van der Waals surface area contributed by atoms with Crippen molar-refractivity contribution in [2.45, 2.75) is 50.6 Å². The maximum Gasteiger partial charge on any atom is 0.264 e. The van der Waals surface area contributed by atoms with E-state index < -0.39 is 28.5 Å². The van der Waals surface area contributed by atoms with E-state index in [4.69, 9.17) is 11.6 Å². The van der Waals surface area contributed by atoms with Crippen LogP contribution in [0.4, 0.5) is 5.69 Å². The van der Waals surface area contributed by atoms with Gasteiger partial charge >= 0.3 is 0 Å². The van der Waals surface area contributed by atoms with Crippen molar-refractivity contribution in [2.24, 2.45) is 0 Å². The summed E-state index contributed by atoms with van der Waals surface area (Å²) in [5.41, 5.74) is 1.02. The van der Waals surface area contributed by atoms with Crippen molar-refractivity contribution in [3.8, 4) is 0 Å². The molecule has 202 valence electrons. The minimum Gasteiger partial charge on any atom is -0.354 e. The van der Waals surface area contributed by atoms with Crippen molar-refractivity contribution in [1.82, 2.24) is 10.2 Å². The van der Waals surface area contributed by atoms with Crippen molar-refractivity contribution < 1.29 is 18.0 Å². The Kier molecular flexibility index (Phi) is 10.7. The number of rotatable bonds is 13. The molecule has 2 amide bonds. The summed E-state index contributed by atoms with van der Waals surface area (Å²) >= 11 is 6.41.